The van der Waals surface area contributed by atoms with Crippen LogP contribution in [0.15, 0.2) is 42.5 Å². The number of rotatable bonds is 8. The number of nitrogens with zero attached hydrogens (tertiary/aromatic N) is 1. The van der Waals surface area contributed by atoms with Crippen molar-refractivity contribution in [2.75, 3.05) is 6.61 Å². The van der Waals surface area contributed by atoms with Crippen molar-refractivity contribution in [3.63, 3.8) is 0 Å². The maximum Gasteiger partial charge on any atom is 0.261 e. The fourth-order valence-electron chi connectivity index (χ4n) is 2.99. The molecule has 0 fully saturated rings. The summed E-state index contributed by atoms with van der Waals surface area (Å²) in [6, 6.07) is 11.2. The third kappa shape index (κ3) is 7.91. The lowest BCUT2D eigenvalue weighted by Gasteiger charge is -2.33. The molecular weight excluding hydrogens is 459 g/mol. The summed E-state index contributed by atoms with van der Waals surface area (Å²) >= 11 is 18.3. The fourth-order valence-corrected chi connectivity index (χ4v) is 3.64. The summed E-state index contributed by atoms with van der Waals surface area (Å²) in [7, 11) is 0. The molecule has 1 atom stereocenters. The molecule has 0 aliphatic rings. The smallest absolute Gasteiger partial charge is 0.261 e. The summed E-state index contributed by atoms with van der Waals surface area (Å²) in [5, 5.41) is 4.37. The Morgan fingerprint density at radius 3 is 2.32 bits per heavy atom. The van der Waals surface area contributed by atoms with E-state index in [1.807, 2.05) is 27.7 Å². The second-order valence-electron chi connectivity index (χ2n) is 8.17. The first-order valence-electron chi connectivity index (χ1n) is 9.94. The van der Waals surface area contributed by atoms with Crippen LogP contribution in [0.3, 0.4) is 0 Å². The lowest BCUT2D eigenvalue weighted by molar-refractivity contribution is -0.143. The molecule has 168 valence electrons. The van der Waals surface area contributed by atoms with Gasteiger partial charge in [-0.3, -0.25) is 9.59 Å². The predicted octanol–water partition coefficient (Wildman–Crippen LogP) is 5.75. The van der Waals surface area contributed by atoms with Gasteiger partial charge in [0.1, 0.15) is 11.8 Å². The first kappa shape index (κ1) is 25.3. The second-order valence-corrected chi connectivity index (χ2v) is 9.45. The van der Waals surface area contributed by atoms with E-state index >= 15 is 0 Å². The summed E-state index contributed by atoms with van der Waals surface area (Å²) in [5.41, 5.74) is 0.248. The van der Waals surface area contributed by atoms with Gasteiger partial charge in [0.25, 0.3) is 5.91 Å². The molecule has 0 aliphatic carbocycles. The Balaban J connectivity index is 2.28. The van der Waals surface area contributed by atoms with E-state index in [1.54, 1.807) is 42.5 Å². The van der Waals surface area contributed by atoms with Gasteiger partial charge in [0, 0.05) is 27.2 Å². The van der Waals surface area contributed by atoms with E-state index in [-0.39, 0.29) is 25.0 Å². The molecule has 0 unspecified atom stereocenters. The second kappa shape index (κ2) is 11.1. The van der Waals surface area contributed by atoms with Gasteiger partial charge in [0.15, 0.2) is 6.61 Å². The molecule has 2 rings (SSSR count). The number of amides is 2. The number of ether oxygens (including phenoxy) is 1. The molecule has 0 saturated carbocycles. The summed E-state index contributed by atoms with van der Waals surface area (Å²) < 4.78 is 5.63. The highest BCUT2D eigenvalue weighted by molar-refractivity contribution is 6.35. The average molecular weight is 486 g/mol. The zero-order valence-electron chi connectivity index (χ0n) is 18.0. The minimum atomic E-state index is -0.693. The van der Waals surface area contributed by atoms with Crippen LogP contribution in [0.25, 0.3) is 0 Å². The first-order chi connectivity index (χ1) is 14.5. The Hall–Kier alpha value is -1.95. The molecule has 2 aromatic carbocycles. The molecule has 0 radical (unpaired) electrons. The van der Waals surface area contributed by atoms with Gasteiger partial charge in [-0.2, -0.15) is 0 Å². The highest BCUT2D eigenvalue weighted by Gasteiger charge is 2.31. The Kier molecular flexibility index (Phi) is 9.04. The highest BCUT2D eigenvalue weighted by atomic mass is 35.5. The van der Waals surface area contributed by atoms with Crippen LogP contribution in [0.4, 0.5) is 0 Å². The van der Waals surface area contributed by atoms with Crippen LogP contribution in [0, 0.1) is 0 Å². The maximum absolute atomic E-state index is 13.2. The van der Waals surface area contributed by atoms with Crippen molar-refractivity contribution in [3.05, 3.63) is 63.1 Å². The molecule has 1 N–H and O–H groups in total. The third-order valence-electron chi connectivity index (χ3n) is 4.40. The van der Waals surface area contributed by atoms with Crippen LogP contribution in [0.1, 0.15) is 39.7 Å². The van der Waals surface area contributed by atoms with Gasteiger partial charge in [0.05, 0.1) is 0 Å². The van der Waals surface area contributed by atoms with Crippen molar-refractivity contribution in [1.82, 2.24) is 10.2 Å². The predicted molar refractivity (Wildman–Crippen MR) is 126 cm³/mol. The lowest BCUT2D eigenvalue weighted by atomic mass is 10.1. The van der Waals surface area contributed by atoms with Crippen LogP contribution in [0.5, 0.6) is 5.75 Å². The number of carbonyl (C=O) groups excluding carboxylic acids is 2. The van der Waals surface area contributed by atoms with Gasteiger partial charge < -0.3 is 15.0 Å². The summed E-state index contributed by atoms with van der Waals surface area (Å²) in [5.74, 6) is -0.115. The van der Waals surface area contributed by atoms with E-state index in [1.165, 1.54) is 4.90 Å². The van der Waals surface area contributed by atoms with Crippen LogP contribution in [-0.4, -0.2) is 34.9 Å². The van der Waals surface area contributed by atoms with Gasteiger partial charge in [-0.15, -0.1) is 0 Å². The van der Waals surface area contributed by atoms with Crippen LogP contribution >= 0.6 is 34.8 Å². The zero-order chi connectivity index (χ0) is 23.2. The normalized spacial score (nSPS) is 12.2. The molecule has 8 heteroatoms. The number of carbonyl (C=O) groups is 2. The van der Waals surface area contributed by atoms with Gasteiger partial charge in [-0.1, -0.05) is 53.9 Å². The summed E-state index contributed by atoms with van der Waals surface area (Å²) in [6.07, 6.45) is 0.427. The highest BCUT2D eigenvalue weighted by Crippen LogP contribution is 2.24. The molecule has 0 heterocycles. The van der Waals surface area contributed by atoms with Crippen LogP contribution in [-0.2, 0) is 16.1 Å². The molecule has 2 amide bonds. The summed E-state index contributed by atoms with van der Waals surface area (Å²) in [4.78, 5) is 27.6. The van der Waals surface area contributed by atoms with Gasteiger partial charge >= 0.3 is 0 Å². The molecule has 0 saturated heterocycles. The van der Waals surface area contributed by atoms with Crippen molar-refractivity contribution in [2.45, 2.75) is 52.2 Å². The van der Waals surface area contributed by atoms with Crippen molar-refractivity contribution in [1.29, 1.82) is 0 Å². The number of hydrogen-bond acceptors (Lipinski definition) is 3. The Morgan fingerprint density at radius 1 is 1.06 bits per heavy atom. The monoisotopic (exact) mass is 484 g/mol. The van der Waals surface area contributed by atoms with Gasteiger partial charge in [-0.05, 0) is 63.1 Å². The molecular formula is C23H27Cl3N2O3. The SMILES string of the molecule is CC[C@@H](C(=O)NC(C)(C)C)N(Cc1ccc(Cl)cc1Cl)C(=O)COc1cccc(Cl)c1. The van der Waals surface area contributed by atoms with Gasteiger partial charge in [-0.25, -0.2) is 0 Å². The number of hydrogen-bond donors (Lipinski definition) is 1. The first-order valence-corrected chi connectivity index (χ1v) is 11.1. The van der Waals surface area contributed by atoms with Crippen LogP contribution in [0.2, 0.25) is 15.1 Å². The van der Waals surface area contributed by atoms with E-state index < -0.39 is 11.6 Å². The van der Waals surface area contributed by atoms with E-state index in [4.69, 9.17) is 39.5 Å². The molecule has 0 aliphatic heterocycles. The number of halogens is 3. The van der Waals surface area contributed by atoms with Crippen molar-refractivity contribution in [3.8, 4) is 5.75 Å². The number of nitrogens with one attached hydrogen (secondary N) is 1. The standard InChI is InChI=1S/C23H27Cl3N2O3/c1-5-20(22(30)27-23(2,3)4)28(13-15-9-10-17(25)12-19(15)26)21(29)14-31-18-8-6-7-16(24)11-18/h6-12,20H,5,13-14H2,1-4H3,(H,27,30)/t20-/m0/s1. The lowest BCUT2D eigenvalue weighted by Crippen LogP contribution is -2.54. The quantitative estimate of drug-likeness (QED) is 0.518. The van der Waals surface area contributed by atoms with E-state index in [0.29, 0.717) is 32.8 Å². The average Bonchev–Trinajstić information content (AvgIpc) is 2.66. The largest absolute Gasteiger partial charge is 0.484 e. The Bertz CT molecular complexity index is 929. The Labute approximate surface area is 198 Å². The van der Waals surface area contributed by atoms with Crippen molar-refractivity contribution < 1.29 is 14.3 Å². The molecule has 0 bridgehead atoms. The Morgan fingerprint density at radius 2 is 1.74 bits per heavy atom. The topological polar surface area (TPSA) is 58.6 Å². The molecule has 31 heavy (non-hydrogen) atoms. The number of benzene rings is 2. The minimum absolute atomic E-state index is 0.143. The molecule has 5 nitrogen and oxygen atoms in total. The molecule has 0 aromatic heterocycles. The molecule has 2 aromatic rings. The van der Waals surface area contributed by atoms with E-state index in [0.717, 1.165) is 0 Å². The van der Waals surface area contributed by atoms with E-state index in [2.05, 4.69) is 5.32 Å². The molecule has 0 spiro atoms. The van der Waals surface area contributed by atoms with E-state index in [9.17, 15) is 9.59 Å². The van der Waals surface area contributed by atoms with Crippen molar-refractivity contribution in [2.24, 2.45) is 0 Å². The maximum atomic E-state index is 13.2. The third-order valence-corrected chi connectivity index (χ3v) is 5.22. The zero-order valence-corrected chi connectivity index (χ0v) is 20.3. The van der Waals surface area contributed by atoms with Crippen molar-refractivity contribution >= 4 is 46.6 Å². The minimum Gasteiger partial charge on any atom is -0.484 e. The fraction of sp³-hybridized carbons (Fsp3) is 0.391. The summed E-state index contributed by atoms with van der Waals surface area (Å²) in [6.45, 7) is 7.43. The van der Waals surface area contributed by atoms with Gasteiger partial charge in [0.2, 0.25) is 5.91 Å². The van der Waals surface area contributed by atoms with Crippen LogP contribution < -0.4 is 10.1 Å².